The standard InChI is InChI=1S/C23H29N5O2/c1-6-7-11-14-26-21(29)19-20(25(5)23(26)30)24-22-27(15(2)16(3)28(19)22)17(4)18-12-9-8-10-13-18/h8-10,12-13,17H,6-7,11,14H2,1-5H3/t17-/m0/s1. The van der Waals surface area contributed by atoms with Gasteiger partial charge in [0.2, 0.25) is 5.78 Å². The molecule has 7 nitrogen and oxygen atoms in total. The van der Waals surface area contributed by atoms with Crippen LogP contribution in [0.5, 0.6) is 0 Å². The van der Waals surface area contributed by atoms with Crippen molar-refractivity contribution in [3.8, 4) is 0 Å². The van der Waals surface area contributed by atoms with Crippen molar-refractivity contribution in [1.29, 1.82) is 0 Å². The average Bonchev–Trinajstić information content (AvgIpc) is 3.25. The Labute approximate surface area is 175 Å². The van der Waals surface area contributed by atoms with E-state index in [9.17, 15) is 9.59 Å². The molecule has 3 aromatic heterocycles. The van der Waals surface area contributed by atoms with Gasteiger partial charge < -0.3 is 4.57 Å². The lowest BCUT2D eigenvalue weighted by atomic mass is 10.1. The SMILES string of the molecule is CCCCCn1c(=O)c2c(nc3n([C@@H](C)c4ccccc4)c(C)c(C)n23)n(C)c1=O. The van der Waals surface area contributed by atoms with Gasteiger partial charge in [-0.15, -0.1) is 0 Å². The maximum Gasteiger partial charge on any atom is 0.332 e. The summed E-state index contributed by atoms with van der Waals surface area (Å²) in [5.41, 5.74) is 3.53. The van der Waals surface area contributed by atoms with E-state index in [1.165, 1.54) is 9.13 Å². The van der Waals surface area contributed by atoms with E-state index < -0.39 is 0 Å². The third kappa shape index (κ3) is 2.91. The monoisotopic (exact) mass is 407 g/mol. The number of hydrogen-bond acceptors (Lipinski definition) is 3. The second-order valence-electron chi connectivity index (χ2n) is 8.05. The highest BCUT2D eigenvalue weighted by Crippen LogP contribution is 2.27. The molecule has 1 atom stereocenters. The molecule has 3 heterocycles. The molecule has 0 amide bonds. The Morgan fingerprint density at radius 1 is 1.03 bits per heavy atom. The van der Waals surface area contributed by atoms with Crippen LogP contribution in [0.2, 0.25) is 0 Å². The summed E-state index contributed by atoms with van der Waals surface area (Å²) in [4.78, 5) is 31.0. The zero-order chi connectivity index (χ0) is 21.6. The van der Waals surface area contributed by atoms with Gasteiger partial charge in [-0.1, -0.05) is 50.1 Å². The molecule has 0 aliphatic carbocycles. The molecule has 0 radical (unpaired) electrons. The van der Waals surface area contributed by atoms with Crippen LogP contribution in [0.1, 0.15) is 56.1 Å². The van der Waals surface area contributed by atoms with Crippen LogP contribution in [0.15, 0.2) is 39.9 Å². The second-order valence-corrected chi connectivity index (χ2v) is 8.05. The van der Waals surface area contributed by atoms with Crippen molar-refractivity contribution in [3.05, 3.63) is 68.1 Å². The molecule has 0 saturated heterocycles. The highest BCUT2D eigenvalue weighted by molar-refractivity contribution is 5.76. The third-order valence-electron chi connectivity index (χ3n) is 6.21. The topological polar surface area (TPSA) is 66.2 Å². The van der Waals surface area contributed by atoms with Gasteiger partial charge in [-0.3, -0.25) is 18.3 Å². The fourth-order valence-electron chi connectivity index (χ4n) is 4.34. The predicted molar refractivity (Wildman–Crippen MR) is 119 cm³/mol. The van der Waals surface area contributed by atoms with Crippen molar-refractivity contribution in [2.24, 2.45) is 7.05 Å². The summed E-state index contributed by atoms with van der Waals surface area (Å²) in [6.07, 6.45) is 2.83. The van der Waals surface area contributed by atoms with Crippen LogP contribution < -0.4 is 11.2 Å². The zero-order valence-corrected chi connectivity index (χ0v) is 18.3. The first kappa shape index (κ1) is 20.2. The van der Waals surface area contributed by atoms with E-state index in [0.29, 0.717) is 23.5 Å². The number of benzene rings is 1. The zero-order valence-electron chi connectivity index (χ0n) is 18.3. The minimum Gasteiger partial charge on any atom is -0.307 e. The number of aromatic nitrogens is 5. The number of aryl methyl sites for hydroxylation is 2. The fraction of sp³-hybridized carbons (Fsp3) is 0.435. The first-order valence-electron chi connectivity index (χ1n) is 10.6. The van der Waals surface area contributed by atoms with Crippen LogP contribution >= 0.6 is 0 Å². The molecule has 4 aromatic rings. The molecule has 158 valence electrons. The quantitative estimate of drug-likeness (QED) is 0.459. The lowest BCUT2D eigenvalue weighted by Gasteiger charge is -2.16. The van der Waals surface area contributed by atoms with Crippen LogP contribution in [-0.4, -0.2) is 23.1 Å². The number of nitrogens with zero attached hydrogens (tertiary/aromatic N) is 5. The summed E-state index contributed by atoms with van der Waals surface area (Å²) in [7, 11) is 1.69. The van der Waals surface area contributed by atoms with Crippen molar-refractivity contribution >= 4 is 16.9 Å². The Balaban J connectivity index is 2.02. The van der Waals surface area contributed by atoms with Gasteiger partial charge in [-0.25, -0.2) is 4.79 Å². The van der Waals surface area contributed by atoms with E-state index in [0.717, 1.165) is 36.2 Å². The van der Waals surface area contributed by atoms with Crippen molar-refractivity contribution in [2.75, 3.05) is 0 Å². The Morgan fingerprint density at radius 3 is 2.40 bits per heavy atom. The summed E-state index contributed by atoms with van der Waals surface area (Å²) in [6, 6.07) is 10.3. The van der Waals surface area contributed by atoms with Gasteiger partial charge in [0.15, 0.2) is 11.2 Å². The van der Waals surface area contributed by atoms with Crippen molar-refractivity contribution < 1.29 is 0 Å². The molecule has 0 fully saturated rings. The van der Waals surface area contributed by atoms with Gasteiger partial charge in [0.05, 0.1) is 6.04 Å². The maximum atomic E-state index is 13.4. The highest BCUT2D eigenvalue weighted by atomic mass is 16.2. The number of rotatable bonds is 6. The normalized spacial score (nSPS) is 12.8. The number of imidazole rings is 2. The third-order valence-corrected chi connectivity index (χ3v) is 6.21. The Bertz CT molecular complexity index is 1340. The average molecular weight is 408 g/mol. The lowest BCUT2D eigenvalue weighted by Crippen LogP contribution is -2.39. The van der Waals surface area contributed by atoms with Gasteiger partial charge >= 0.3 is 5.69 Å². The van der Waals surface area contributed by atoms with Crippen LogP contribution in [0.3, 0.4) is 0 Å². The second kappa shape index (κ2) is 7.63. The van der Waals surface area contributed by atoms with Crippen LogP contribution in [0.4, 0.5) is 0 Å². The maximum absolute atomic E-state index is 13.4. The Hall–Kier alpha value is -3.09. The first-order chi connectivity index (χ1) is 14.4. The lowest BCUT2D eigenvalue weighted by molar-refractivity contribution is 0.550. The van der Waals surface area contributed by atoms with E-state index in [-0.39, 0.29) is 17.3 Å². The molecular formula is C23H29N5O2. The number of unbranched alkanes of at least 4 members (excludes halogenated alkanes) is 2. The molecule has 0 aliphatic rings. The Morgan fingerprint density at radius 2 is 1.73 bits per heavy atom. The van der Waals surface area contributed by atoms with Crippen molar-refractivity contribution in [1.82, 2.24) is 23.1 Å². The number of fused-ring (bicyclic) bond motifs is 3. The molecule has 0 spiro atoms. The molecule has 7 heteroatoms. The van der Waals surface area contributed by atoms with Gasteiger partial charge in [-0.2, -0.15) is 4.98 Å². The smallest absolute Gasteiger partial charge is 0.307 e. The predicted octanol–water partition coefficient (Wildman–Crippen LogP) is 3.57. The van der Waals surface area contributed by atoms with E-state index in [2.05, 4.69) is 37.5 Å². The van der Waals surface area contributed by atoms with Gasteiger partial charge in [0.1, 0.15) is 0 Å². The van der Waals surface area contributed by atoms with Gasteiger partial charge in [-0.05, 0) is 32.8 Å². The molecule has 0 N–H and O–H groups in total. The Kier molecular flexibility index (Phi) is 5.13. The van der Waals surface area contributed by atoms with Crippen LogP contribution in [0.25, 0.3) is 16.9 Å². The van der Waals surface area contributed by atoms with Crippen LogP contribution in [-0.2, 0) is 13.6 Å². The van der Waals surface area contributed by atoms with Crippen LogP contribution in [0, 0.1) is 13.8 Å². The largest absolute Gasteiger partial charge is 0.332 e. The minimum absolute atomic E-state index is 0.0445. The molecule has 4 rings (SSSR count). The fourth-order valence-corrected chi connectivity index (χ4v) is 4.34. The highest BCUT2D eigenvalue weighted by Gasteiger charge is 2.24. The van der Waals surface area contributed by atoms with E-state index in [4.69, 9.17) is 4.98 Å². The van der Waals surface area contributed by atoms with Crippen molar-refractivity contribution in [2.45, 2.75) is 59.5 Å². The summed E-state index contributed by atoms with van der Waals surface area (Å²) in [5.74, 6) is 0.690. The summed E-state index contributed by atoms with van der Waals surface area (Å²) < 4.78 is 6.93. The molecule has 0 aliphatic heterocycles. The molecule has 0 unspecified atom stereocenters. The summed E-state index contributed by atoms with van der Waals surface area (Å²) in [6.45, 7) is 8.72. The minimum atomic E-state index is -0.304. The molecule has 30 heavy (non-hydrogen) atoms. The molecule has 1 aromatic carbocycles. The summed E-state index contributed by atoms with van der Waals surface area (Å²) >= 11 is 0. The summed E-state index contributed by atoms with van der Waals surface area (Å²) in [5, 5.41) is 0. The van der Waals surface area contributed by atoms with E-state index >= 15 is 0 Å². The first-order valence-corrected chi connectivity index (χ1v) is 10.6. The molecule has 0 saturated carbocycles. The van der Waals surface area contributed by atoms with Gasteiger partial charge in [0.25, 0.3) is 5.56 Å². The van der Waals surface area contributed by atoms with Crippen molar-refractivity contribution in [3.63, 3.8) is 0 Å². The van der Waals surface area contributed by atoms with E-state index in [1.807, 2.05) is 29.5 Å². The van der Waals surface area contributed by atoms with E-state index in [1.54, 1.807) is 7.05 Å². The van der Waals surface area contributed by atoms with Gasteiger partial charge in [0, 0.05) is 25.0 Å². The molecular weight excluding hydrogens is 378 g/mol. The number of hydrogen-bond donors (Lipinski definition) is 0. The molecule has 0 bridgehead atoms.